The molecule has 1 saturated carbocycles. The molecule has 1 aliphatic rings. The minimum Gasteiger partial charge on any atom is -0.468 e. The van der Waals surface area contributed by atoms with E-state index in [1.54, 1.807) is 0 Å². The summed E-state index contributed by atoms with van der Waals surface area (Å²) in [7, 11) is 1.45. The maximum Gasteiger partial charge on any atom is 0.328 e. The molecule has 0 bridgehead atoms. The summed E-state index contributed by atoms with van der Waals surface area (Å²) < 4.78 is 10.6. The first-order valence-electron chi connectivity index (χ1n) is 6.50. The number of ether oxygens (including phenoxy) is 2. The Bertz CT molecular complexity index is 251. The molecule has 1 atom stereocenters. The average molecular weight is 243 g/mol. The van der Waals surface area contributed by atoms with Crippen LogP contribution < -0.4 is 5.32 Å². The molecular formula is C13H25NO3. The van der Waals surface area contributed by atoms with E-state index in [2.05, 4.69) is 12.2 Å². The highest BCUT2D eigenvalue weighted by Crippen LogP contribution is 2.41. The topological polar surface area (TPSA) is 47.6 Å². The molecule has 0 amide bonds. The van der Waals surface area contributed by atoms with Crippen molar-refractivity contribution in [3.8, 4) is 0 Å². The number of carbonyl (C=O) groups is 1. The van der Waals surface area contributed by atoms with Crippen LogP contribution in [0.5, 0.6) is 0 Å². The molecule has 1 fully saturated rings. The minimum atomic E-state index is -0.641. The monoisotopic (exact) mass is 243 g/mol. The predicted molar refractivity (Wildman–Crippen MR) is 66.9 cm³/mol. The maximum absolute atomic E-state index is 12.1. The summed E-state index contributed by atoms with van der Waals surface area (Å²) in [6.45, 7) is 7.24. The second kappa shape index (κ2) is 6.36. The van der Waals surface area contributed by atoms with Crippen LogP contribution in [-0.2, 0) is 14.3 Å². The first kappa shape index (κ1) is 14.5. The number of esters is 1. The fourth-order valence-corrected chi connectivity index (χ4v) is 2.21. The Morgan fingerprint density at radius 3 is 2.53 bits per heavy atom. The number of hydrogen-bond acceptors (Lipinski definition) is 4. The first-order chi connectivity index (χ1) is 8.06. The molecule has 17 heavy (non-hydrogen) atoms. The van der Waals surface area contributed by atoms with E-state index in [0.29, 0.717) is 19.1 Å². The van der Waals surface area contributed by atoms with Crippen molar-refractivity contribution in [3.05, 3.63) is 0 Å². The molecule has 0 saturated heterocycles. The summed E-state index contributed by atoms with van der Waals surface area (Å²) in [6.07, 6.45) is 3.11. The standard InChI is InChI=1S/C13H25NO3/c1-5-8-17-9-13(11-6-7-11,12(15)16-4)14-10(2)3/h10-11,14H,5-9H2,1-4H3. The molecule has 100 valence electrons. The third-order valence-corrected chi connectivity index (χ3v) is 3.05. The smallest absolute Gasteiger partial charge is 0.328 e. The van der Waals surface area contributed by atoms with Crippen molar-refractivity contribution in [2.24, 2.45) is 5.92 Å². The van der Waals surface area contributed by atoms with Gasteiger partial charge in [-0.15, -0.1) is 0 Å². The van der Waals surface area contributed by atoms with E-state index in [1.807, 2.05) is 13.8 Å². The van der Waals surface area contributed by atoms with Gasteiger partial charge >= 0.3 is 5.97 Å². The third kappa shape index (κ3) is 3.68. The molecule has 0 aromatic carbocycles. The van der Waals surface area contributed by atoms with Gasteiger partial charge < -0.3 is 9.47 Å². The van der Waals surface area contributed by atoms with Crippen LogP contribution in [0.15, 0.2) is 0 Å². The maximum atomic E-state index is 12.1. The van der Waals surface area contributed by atoms with Crippen molar-refractivity contribution >= 4 is 5.97 Å². The average Bonchev–Trinajstić information content (AvgIpc) is 3.10. The zero-order valence-corrected chi connectivity index (χ0v) is 11.4. The van der Waals surface area contributed by atoms with Gasteiger partial charge in [-0.05, 0) is 39.0 Å². The Morgan fingerprint density at radius 2 is 2.12 bits per heavy atom. The molecule has 0 radical (unpaired) electrons. The third-order valence-electron chi connectivity index (χ3n) is 3.05. The Labute approximate surface area is 104 Å². The van der Waals surface area contributed by atoms with Gasteiger partial charge in [-0.25, -0.2) is 4.79 Å². The van der Waals surface area contributed by atoms with Gasteiger partial charge in [-0.1, -0.05) is 6.92 Å². The Balaban J connectivity index is 2.74. The van der Waals surface area contributed by atoms with Crippen LogP contribution in [0.1, 0.15) is 40.0 Å². The van der Waals surface area contributed by atoms with Crippen molar-refractivity contribution < 1.29 is 14.3 Å². The second-order valence-electron chi connectivity index (χ2n) is 5.09. The molecule has 0 heterocycles. The lowest BCUT2D eigenvalue weighted by Crippen LogP contribution is -2.60. The van der Waals surface area contributed by atoms with E-state index in [9.17, 15) is 4.79 Å². The van der Waals surface area contributed by atoms with Gasteiger partial charge in [0.2, 0.25) is 0 Å². The zero-order chi connectivity index (χ0) is 12.9. The van der Waals surface area contributed by atoms with Gasteiger partial charge in [0.1, 0.15) is 5.54 Å². The van der Waals surface area contributed by atoms with Gasteiger partial charge in [-0.2, -0.15) is 0 Å². The normalized spacial score (nSPS) is 19.1. The quantitative estimate of drug-likeness (QED) is 0.521. The van der Waals surface area contributed by atoms with Crippen LogP contribution in [0.3, 0.4) is 0 Å². The highest BCUT2D eigenvalue weighted by atomic mass is 16.5. The van der Waals surface area contributed by atoms with Crippen molar-refractivity contribution in [3.63, 3.8) is 0 Å². The van der Waals surface area contributed by atoms with Crippen LogP contribution in [0.4, 0.5) is 0 Å². The predicted octanol–water partition coefficient (Wildman–Crippen LogP) is 1.73. The molecule has 1 aliphatic carbocycles. The van der Waals surface area contributed by atoms with E-state index in [0.717, 1.165) is 19.3 Å². The Morgan fingerprint density at radius 1 is 1.47 bits per heavy atom. The SMILES string of the molecule is CCCOCC(NC(C)C)(C(=O)OC)C1CC1. The summed E-state index contributed by atoms with van der Waals surface area (Å²) >= 11 is 0. The van der Waals surface area contributed by atoms with Gasteiger partial charge in [0, 0.05) is 12.6 Å². The van der Waals surface area contributed by atoms with Crippen LogP contribution in [0, 0.1) is 5.92 Å². The Hall–Kier alpha value is -0.610. The van der Waals surface area contributed by atoms with Crippen molar-refractivity contribution in [2.45, 2.75) is 51.6 Å². The van der Waals surface area contributed by atoms with Gasteiger partial charge in [0.05, 0.1) is 13.7 Å². The van der Waals surface area contributed by atoms with Crippen molar-refractivity contribution in [1.29, 1.82) is 0 Å². The highest BCUT2D eigenvalue weighted by Gasteiger charge is 2.52. The number of rotatable bonds is 8. The van der Waals surface area contributed by atoms with E-state index in [1.165, 1.54) is 7.11 Å². The van der Waals surface area contributed by atoms with E-state index in [-0.39, 0.29) is 12.0 Å². The molecule has 1 N–H and O–H groups in total. The minimum absolute atomic E-state index is 0.190. The highest BCUT2D eigenvalue weighted by molar-refractivity contribution is 5.82. The molecule has 1 unspecified atom stereocenters. The lowest BCUT2D eigenvalue weighted by Gasteiger charge is -2.34. The summed E-state index contributed by atoms with van der Waals surface area (Å²) in [6, 6.07) is 0.236. The first-order valence-corrected chi connectivity index (χ1v) is 6.50. The molecule has 0 aromatic rings. The second-order valence-corrected chi connectivity index (χ2v) is 5.09. The Kier molecular flexibility index (Phi) is 5.40. The molecule has 0 aliphatic heterocycles. The largest absolute Gasteiger partial charge is 0.468 e. The molecule has 0 aromatic heterocycles. The molecule has 4 heteroatoms. The summed E-state index contributed by atoms with van der Waals surface area (Å²) in [5, 5.41) is 3.37. The number of carbonyl (C=O) groups excluding carboxylic acids is 1. The summed E-state index contributed by atoms with van der Waals surface area (Å²) in [5.41, 5.74) is -0.641. The van der Waals surface area contributed by atoms with Gasteiger partial charge in [-0.3, -0.25) is 5.32 Å². The lowest BCUT2D eigenvalue weighted by molar-refractivity contribution is -0.153. The molecule has 4 nitrogen and oxygen atoms in total. The van der Waals surface area contributed by atoms with Crippen LogP contribution in [0.2, 0.25) is 0 Å². The van der Waals surface area contributed by atoms with Gasteiger partial charge in [0.25, 0.3) is 0 Å². The van der Waals surface area contributed by atoms with Gasteiger partial charge in [0.15, 0.2) is 0 Å². The molecular weight excluding hydrogens is 218 g/mol. The van der Waals surface area contributed by atoms with Crippen LogP contribution in [-0.4, -0.2) is 37.9 Å². The van der Waals surface area contributed by atoms with Crippen LogP contribution >= 0.6 is 0 Å². The number of nitrogens with one attached hydrogen (secondary N) is 1. The van der Waals surface area contributed by atoms with Crippen molar-refractivity contribution in [1.82, 2.24) is 5.32 Å². The number of hydrogen-bond donors (Lipinski definition) is 1. The zero-order valence-electron chi connectivity index (χ0n) is 11.4. The van der Waals surface area contributed by atoms with E-state index < -0.39 is 5.54 Å². The van der Waals surface area contributed by atoms with Crippen molar-refractivity contribution in [2.75, 3.05) is 20.3 Å². The van der Waals surface area contributed by atoms with Crippen LogP contribution in [0.25, 0.3) is 0 Å². The summed E-state index contributed by atoms with van der Waals surface area (Å²) in [5.74, 6) is 0.166. The number of methoxy groups -OCH3 is 1. The lowest BCUT2D eigenvalue weighted by atomic mass is 9.93. The van der Waals surface area contributed by atoms with E-state index in [4.69, 9.17) is 9.47 Å². The van der Waals surface area contributed by atoms with E-state index >= 15 is 0 Å². The molecule has 1 rings (SSSR count). The fourth-order valence-electron chi connectivity index (χ4n) is 2.21. The molecule has 0 spiro atoms. The summed E-state index contributed by atoms with van der Waals surface area (Å²) in [4.78, 5) is 12.1. The fraction of sp³-hybridized carbons (Fsp3) is 0.923.